The summed E-state index contributed by atoms with van der Waals surface area (Å²) in [4.78, 5) is 8.81. The lowest BCUT2D eigenvalue weighted by Crippen LogP contribution is -2.26. The molecule has 2 aromatic rings. The van der Waals surface area contributed by atoms with Crippen molar-refractivity contribution in [1.82, 2.24) is 19.9 Å². The van der Waals surface area contributed by atoms with Crippen LogP contribution in [0.25, 0.3) is 0 Å². The molecule has 1 unspecified atom stereocenters. The minimum absolute atomic E-state index is 0.189. The molecule has 0 saturated heterocycles. The zero-order chi connectivity index (χ0) is 11.8. The van der Waals surface area contributed by atoms with Gasteiger partial charge >= 0.3 is 0 Å². The zero-order valence-corrected chi connectivity index (χ0v) is 10.9. The molecule has 3 rings (SSSR count). The van der Waals surface area contributed by atoms with E-state index >= 15 is 0 Å². The van der Waals surface area contributed by atoms with Gasteiger partial charge < -0.3 is 9.88 Å². The van der Waals surface area contributed by atoms with Gasteiger partial charge in [-0.1, -0.05) is 0 Å². The van der Waals surface area contributed by atoms with Gasteiger partial charge in [0.2, 0.25) is 0 Å². The van der Waals surface area contributed by atoms with Crippen LogP contribution in [-0.4, -0.2) is 20.6 Å². The molecular formula is C12H16N4S. The highest BCUT2D eigenvalue weighted by atomic mass is 32.1. The Balaban J connectivity index is 1.93. The second-order valence-corrected chi connectivity index (χ2v) is 5.52. The molecule has 1 aliphatic rings. The highest BCUT2D eigenvalue weighted by Crippen LogP contribution is 2.29. The third-order valence-corrected chi connectivity index (χ3v) is 4.04. The average molecular weight is 248 g/mol. The second-order valence-electron chi connectivity index (χ2n) is 4.63. The largest absolute Gasteiger partial charge is 0.336 e. The minimum Gasteiger partial charge on any atom is -0.336 e. The maximum atomic E-state index is 4.60. The van der Waals surface area contributed by atoms with E-state index in [9.17, 15) is 0 Å². The maximum Gasteiger partial charge on any atom is 0.116 e. The smallest absolute Gasteiger partial charge is 0.116 e. The van der Waals surface area contributed by atoms with E-state index in [1.807, 2.05) is 26.5 Å². The highest BCUT2D eigenvalue weighted by molar-refractivity contribution is 7.09. The molecule has 90 valence electrons. The van der Waals surface area contributed by atoms with Gasteiger partial charge in [0.25, 0.3) is 0 Å². The number of aryl methyl sites for hydroxylation is 2. The van der Waals surface area contributed by atoms with Gasteiger partial charge in [-0.3, -0.25) is 0 Å². The molecule has 1 saturated carbocycles. The second kappa shape index (κ2) is 4.23. The highest BCUT2D eigenvalue weighted by Gasteiger charge is 2.29. The topological polar surface area (TPSA) is 42.7 Å². The Labute approximate surface area is 105 Å². The maximum absolute atomic E-state index is 4.60. The van der Waals surface area contributed by atoms with Crippen LogP contribution in [0.5, 0.6) is 0 Å². The van der Waals surface area contributed by atoms with Gasteiger partial charge in [-0.25, -0.2) is 9.97 Å². The van der Waals surface area contributed by atoms with Gasteiger partial charge in [-0.15, -0.1) is 11.3 Å². The molecule has 0 radical (unpaired) electrons. The summed E-state index contributed by atoms with van der Waals surface area (Å²) in [6, 6.07) is 0.841. The Hall–Kier alpha value is -1.20. The monoisotopic (exact) mass is 248 g/mol. The Morgan fingerprint density at radius 2 is 2.35 bits per heavy atom. The van der Waals surface area contributed by atoms with Crippen LogP contribution < -0.4 is 5.32 Å². The van der Waals surface area contributed by atoms with Gasteiger partial charge in [0.05, 0.1) is 18.2 Å². The van der Waals surface area contributed by atoms with E-state index in [1.165, 1.54) is 18.5 Å². The molecule has 5 heteroatoms. The molecule has 2 heterocycles. The van der Waals surface area contributed by atoms with Crippen LogP contribution in [0.3, 0.4) is 0 Å². The summed E-state index contributed by atoms with van der Waals surface area (Å²) in [7, 11) is 2.03. The first-order chi connectivity index (χ1) is 8.24. The number of aromatic nitrogens is 3. The van der Waals surface area contributed by atoms with Crippen molar-refractivity contribution in [3.63, 3.8) is 0 Å². The quantitative estimate of drug-likeness (QED) is 0.900. The van der Waals surface area contributed by atoms with Crippen LogP contribution in [0.15, 0.2) is 17.9 Å². The summed E-state index contributed by atoms with van der Waals surface area (Å²) in [6.45, 7) is 2.04. The molecule has 0 aromatic carbocycles. The fraction of sp³-hybridized carbons (Fsp3) is 0.500. The van der Waals surface area contributed by atoms with Gasteiger partial charge in [-0.2, -0.15) is 0 Å². The molecule has 1 atom stereocenters. The molecule has 0 amide bonds. The molecule has 17 heavy (non-hydrogen) atoms. The fourth-order valence-electron chi connectivity index (χ4n) is 1.92. The first-order valence-corrected chi connectivity index (χ1v) is 6.76. The molecule has 0 aliphatic heterocycles. The van der Waals surface area contributed by atoms with Crippen molar-refractivity contribution in [1.29, 1.82) is 0 Å². The third kappa shape index (κ3) is 2.25. The Bertz CT molecular complexity index is 512. The van der Waals surface area contributed by atoms with Crippen molar-refractivity contribution < 1.29 is 0 Å². The minimum atomic E-state index is 0.189. The SMILES string of the molecule is Cc1csc(C(NC2CC2)c2cncn2C)n1. The van der Waals surface area contributed by atoms with E-state index in [-0.39, 0.29) is 6.04 Å². The van der Waals surface area contributed by atoms with Gasteiger partial charge in [-0.05, 0) is 19.8 Å². The van der Waals surface area contributed by atoms with E-state index in [0.29, 0.717) is 6.04 Å². The Morgan fingerprint density at radius 1 is 1.53 bits per heavy atom. The lowest BCUT2D eigenvalue weighted by atomic mass is 10.2. The van der Waals surface area contributed by atoms with E-state index < -0.39 is 0 Å². The number of hydrogen-bond acceptors (Lipinski definition) is 4. The fourth-order valence-corrected chi connectivity index (χ4v) is 2.78. The molecule has 1 N–H and O–H groups in total. The summed E-state index contributed by atoms with van der Waals surface area (Å²) in [6.07, 6.45) is 6.32. The summed E-state index contributed by atoms with van der Waals surface area (Å²) in [5.41, 5.74) is 2.28. The van der Waals surface area contributed by atoms with Crippen molar-refractivity contribution in [2.45, 2.75) is 31.8 Å². The number of nitrogens with one attached hydrogen (secondary N) is 1. The number of nitrogens with zero attached hydrogens (tertiary/aromatic N) is 3. The molecule has 2 aromatic heterocycles. The molecule has 0 bridgehead atoms. The third-order valence-electron chi connectivity index (χ3n) is 3.01. The van der Waals surface area contributed by atoms with E-state index in [0.717, 1.165) is 10.7 Å². The van der Waals surface area contributed by atoms with Crippen LogP contribution in [0.1, 0.15) is 35.3 Å². The summed E-state index contributed by atoms with van der Waals surface area (Å²) in [5.74, 6) is 0. The average Bonchev–Trinajstić information content (AvgIpc) is 2.87. The lowest BCUT2D eigenvalue weighted by Gasteiger charge is -2.16. The summed E-state index contributed by atoms with van der Waals surface area (Å²) >= 11 is 1.72. The predicted molar refractivity (Wildman–Crippen MR) is 68.1 cm³/mol. The van der Waals surface area contributed by atoms with Crippen molar-refractivity contribution in [3.8, 4) is 0 Å². The zero-order valence-electron chi connectivity index (χ0n) is 10.1. The van der Waals surface area contributed by atoms with Crippen LogP contribution in [0.4, 0.5) is 0 Å². The standard InChI is InChI=1S/C12H16N4S/c1-8-6-17-12(14-8)11(15-9-3-4-9)10-5-13-7-16(10)2/h5-7,9,11,15H,3-4H2,1-2H3. The van der Waals surface area contributed by atoms with Crippen LogP contribution in [0.2, 0.25) is 0 Å². The number of imidazole rings is 1. The van der Waals surface area contributed by atoms with E-state index in [2.05, 4.69) is 25.2 Å². The van der Waals surface area contributed by atoms with Crippen molar-refractivity contribution in [2.75, 3.05) is 0 Å². The molecule has 4 nitrogen and oxygen atoms in total. The Morgan fingerprint density at radius 3 is 2.88 bits per heavy atom. The molecule has 1 aliphatic carbocycles. The first kappa shape index (κ1) is 10.9. The summed E-state index contributed by atoms with van der Waals surface area (Å²) < 4.78 is 2.07. The normalized spacial score (nSPS) is 17.3. The molecule has 1 fully saturated rings. The summed E-state index contributed by atoms with van der Waals surface area (Å²) in [5, 5.41) is 6.89. The number of hydrogen-bond donors (Lipinski definition) is 1. The van der Waals surface area contributed by atoms with Crippen molar-refractivity contribution in [3.05, 3.63) is 34.3 Å². The number of rotatable bonds is 4. The first-order valence-electron chi connectivity index (χ1n) is 5.88. The van der Waals surface area contributed by atoms with E-state index in [4.69, 9.17) is 0 Å². The van der Waals surface area contributed by atoms with Crippen LogP contribution in [-0.2, 0) is 7.05 Å². The van der Waals surface area contributed by atoms with Crippen LogP contribution >= 0.6 is 11.3 Å². The molecule has 0 spiro atoms. The number of thiazole rings is 1. The van der Waals surface area contributed by atoms with E-state index in [1.54, 1.807) is 11.3 Å². The van der Waals surface area contributed by atoms with Gasteiger partial charge in [0.1, 0.15) is 11.0 Å². The van der Waals surface area contributed by atoms with Gasteiger partial charge in [0.15, 0.2) is 0 Å². The molecular weight excluding hydrogens is 232 g/mol. The lowest BCUT2D eigenvalue weighted by molar-refractivity contribution is 0.566. The van der Waals surface area contributed by atoms with Crippen LogP contribution in [0, 0.1) is 6.92 Å². The van der Waals surface area contributed by atoms with Gasteiger partial charge in [0, 0.05) is 24.2 Å². The van der Waals surface area contributed by atoms with Crippen molar-refractivity contribution in [2.24, 2.45) is 7.05 Å². The van der Waals surface area contributed by atoms with Crippen molar-refractivity contribution >= 4 is 11.3 Å². The Kier molecular flexibility index (Phi) is 2.72. The predicted octanol–water partition coefficient (Wildman–Crippen LogP) is 2.03.